The van der Waals surface area contributed by atoms with Crippen LogP contribution in [-0.4, -0.2) is 96.2 Å². The first-order valence-corrected chi connectivity index (χ1v) is 26.6. The Bertz CT molecular complexity index is 3620. The van der Waals surface area contributed by atoms with Crippen molar-refractivity contribution >= 4 is 64.3 Å². The summed E-state index contributed by atoms with van der Waals surface area (Å²) >= 11 is 12.4. The van der Waals surface area contributed by atoms with Gasteiger partial charge in [-0.1, -0.05) is 96.0 Å². The Morgan fingerprint density at radius 3 is 1.38 bits per heavy atom. The molecule has 0 aliphatic heterocycles. The van der Waals surface area contributed by atoms with Gasteiger partial charge in [0.1, 0.15) is 6.33 Å². The summed E-state index contributed by atoms with van der Waals surface area (Å²) < 4.78 is 24.6. The number of ether oxygens (including phenoxy) is 5. The van der Waals surface area contributed by atoms with Crippen LogP contribution in [0.3, 0.4) is 0 Å². The largest absolute Gasteiger partial charge is 1.00 e. The van der Waals surface area contributed by atoms with Gasteiger partial charge in [0, 0.05) is 94.2 Å². The SMILES string of the molecule is COC(=O)Nc1ccc(C(=O)N[C@@H](Cc2ccccc2)c2ccc(-c3cc(Cl)ccc3-n3cnnn3)cn2)cc1.COC(=O)Nc1ccc(C(=O)N[C@@H](Cc2ccccc2)c2ccc(-c3cc(Cl)ccc3N)cn2)cc1.COC(OC)OC.[N-]=[N+]=[N-].[Na+]. The smallest absolute Gasteiger partial charge is 0.453 e. The number of nitrogens with zero attached hydrogens (tertiary/aromatic N) is 9. The molecule has 26 heteroatoms. The number of anilines is 3. The van der Waals surface area contributed by atoms with Gasteiger partial charge >= 0.3 is 41.7 Å². The van der Waals surface area contributed by atoms with Crippen molar-refractivity contribution in [1.29, 1.82) is 0 Å². The molecule has 0 saturated heterocycles. The van der Waals surface area contributed by atoms with Crippen LogP contribution in [0, 0.1) is 0 Å². The number of carbonyl (C=O) groups is 4. The molecule has 4 amide bonds. The van der Waals surface area contributed by atoms with Gasteiger partial charge in [0.25, 0.3) is 18.3 Å². The van der Waals surface area contributed by atoms with Crippen LogP contribution in [-0.2, 0) is 36.5 Å². The first-order chi connectivity index (χ1) is 41.7. The number of hydrogen-bond donors (Lipinski definition) is 5. The van der Waals surface area contributed by atoms with E-state index in [9.17, 15) is 19.2 Å². The van der Waals surface area contributed by atoms with Gasteiger partial charge < -0.3 is 51.1 Å². The number of methoxy groups -OCH3 is 5. The molecule has 0 spiro atoms. The molecule has 6 aromatic carbocycles. The molecular formula is C61H59Cl2N14NaO9. The van der Waals surface area contributed by atoms with Gasteiger partial charge in [0.05, 0.1) is 43.4 Å². The Labute approximate surface area is 533 Å². The average Bonchev–Trinajstić information content (AvgIpc) is 3.15. The predicted octanol–water partition coefficient (Wildman–Crippen LogP) is 9.23. The fourth-order valence-electron chi connectivity index (χ4n) is 8.21. The van der Waals surface area contributed by atoms with Crippen molar-refractivity contribution in [2.45, 2.75) is 31.4 Å². The van der Waals surface area contributed by atoms with E-state index in [4.69, 9.17) is 45.0 Å². The number of carbonyl (C=O) groups excluding carboxylic acids is 4. The van der Waals surface area contributed by atoms with Crippen LogP contribution >= 0.6 is 23.2 Å². The Kier molecular flexibility index (Phi) is 28.3. The van der Waals surface area contributed by atoms with Crippen LogP contribution in [0.4, 0.5) is 26.7 Å². The molecule has 0 unspecified atom stereocenters. The number of nitrogens with one attached hydrogen (secondary N) is 4. The zero-order valence-corrected chi connectivity index (χ0v) is 51.6. The monoisotopic (exact) mass is 1220 g/mol. The topological polar surface area (TPSA) is 317 Å². The molecular weight excluding hydrogens is 1170 g/mol. The molecule has 0 bridgehead atoms. The summed E-state index contributed by atoms with van der Waals surface area (Å²) in [5.74, 6) is -0.530. The van der Waals surface area contributed by atoms with E-state index in [1.807, 2.05) is 97.1 Å². The van der Waals surface area contributed by atoms with Crippen molar-refractivity contribution in [2.24, 2.45) is 0 Å². The summed E-state index contributed by atoms with van der Waals surface area (Å²) in [7, 11) is 7.11. The van der Waals surface area contributed by atoms with E-state index >= 15 is 0 Å². The number of nitrogens with two attached hydrogens (primary N) is 1. The maximum absolute atomic E-state index is 13.2. The van der Waals surface area contributed by atoms with E-state index in [1.165, 1.54) is 46.8 Å². The van der Waals surface area contributed by atoms with Crippen molar-refractivity contribution in [2.75, 3.05) is 51.9 Å². The second kappa shape index (κ2) is 35.9. The number of rotatable bonds is 18. The summed E-state index contributed by atoms with van der Waals surface area (Å²) in [5, 5.41) is 23.9. The number of hydrogen-bond acceptors (Lipinski definition) is 15. The van der Waals surface area contributed by atoms with Gasteiger partial charge in [-0.15, -0.1) is 5.10 Å². The summed E-state index contributed by atoms with van der Waals surface area (Å²) in [6, 6.07) is 50.4. The normalized spacial score (nSPS) is 10.9. The third kappa shape index (κ3) is 21.3. The zero-order valence-electron chi connectivity index (χ0n) is 48.1. The molecule has 0 aliphatic carbocycles. The van der Waals surface area contributed by atoms with E-state index in [2.05, 4.69) is 65.5 Å². The van der Waals surface area contributed by atoms with Gasteiger partial charge in [-0.3, -0.25) is 35.1 Å². The Morgan fingerprint density at radius 2 is 1.00 bits per heavy atom. The van der Waals surface area contributed by atoms with Crippen molar-refractivity contribution in [3.63, 3.8) is 0 Å². The number of amides is 4. The molecule has 3 aromatic heterocycles. The molecule has 0 fully saturated rings. The third-order valence-corrected chi connectivity index (χ3v) is 12.9. The Hall–Kier alpha value is -9.26. The molecule has 2 atom stereocenters. The van der Waals surface area contributed by atoms with Gasteiger partial charge in [0.2, 0.25) is 0 Å². The number of pyridine rings is 2. The van der Waals surface area contributed by atoms with Crippen molar-refractivity contribution < 1.29 is 72.4 Å². The molecule has 0 radical (unpaired) electrons. The van der Waals surface area contributed by atoms with E-state index in [1.54, 1.807) is 89.9 Å². The minimum atomic E-state index is -0.586. The quantitative estimate of drug-likeness (QED) is 0.0133. The van der Waals surface area contributed by atoms with Crippen LogP contribution in [0.5, 0.6) is 0 Å². The van der Waals surface area contributed by atoms with Crippen molar-refractivity contribution in [1.82, 2.24) is 40.8 Å². The van der Waals surface area contributed by atoms with E-state index < -0.39 is 24.7 Å². The van der Waals surface area contributed by atoms with Crippen LogP contribution in [0.25, 0.3) is 43.9 Å². The fraction of sp³-hybridized carbons (Fsp3) is 0.164. The molecule has 23 nitrogen and oxygen atoms in total. The zero-order chi connectivity index (χ0) is 61.8. The van der Waals surface area contributed by atoms with Crippen LogP contribution in [0.2, 0.25) is 10.0 Å². The first-order valence-electron chi connectivity index (χ1n) is 25.9. The Morgan fingerprint density at radius 1 is 0.575 bits per heavy atom. The first kappa shape index (κ1) is 68.5. The van der Waals surface area contributed by atoms with E-state index in [-0.39, 0.29) is 47.4 Å². The summed E-state index contributed by atoms with van der Waals surface area (Å²) in [4.78, 5) is 60.0. The summed E-state index contributed by atoms with van der Waals surface area (Å²) in [5.41, 5.74) is 29.7. The second-order valence-electron chi connectivity index (χ2n) is 18.0. The standard InChI is InChI=1S/C29H24ClN7O3.C28H25ClN4O3.C4H10O3.N3.Na/c1-40-29(39)33-23-11-7-20(8-12-23)28(38)34-26(15-19-5-3-2-4-6-19)25-13-9-21(17-31-25)24-16-22(30)10-14-27(24)37-18-32-35-36-37;1-36-28(35)32-22-11-7-19(8-12-22)27(34)33-26(15-18-5-3-2-4-6-18)25-14-9-20(17-31-25)23-16-21(29)10-13-24(23)30;1-5-4(6-2)7-3;1-3-2;/h2-14,16-18,26H,15H2,1H3,(H,33,39)(H,34,38);2-14,16-17,26H,15,30H2,1H3,(H,32,35)(H,33,34);4H,1-3H3;;/q;;;-1;+1/t2*26-;;;/m00.../s1. The molecule has 0 saturated carbocycles. The number of aromatic nitrogens is 6. The number of benzene rings is 6. The van der Waals surface area contributed by atoms with Crippen LogP contribution in [0.1, 0.15) is 55.3 Å². The minimum absolute atomic E-state index is 0. The minimum Gasteiger partial charge on any atom is -0.453 e. The van der Waals surface area contributed by atoms with Crippen molar-refractivity contribution in [3.8, 4) is 27.9 Å². The van der Waals surface area contributed by atoms with Crippen LogP contribution in [0.15, 0.2) is 189 Å². The molecule has 6 N–H and O–H groups in total. The van der Waals surface area contributed by atoms with Gasteiger partial charge in [-0.05, 0) is 131 Å². The number of nitrogen functional groups attached to an aromatic ring is 1. The van der Waals surface area contributed by atoms with Gasteiger partial charge in [-0.2, -0.15) is 4.68 Å². The maximum Gasteiger partial charge on any atom is 1.00 e. The maximum atomic E-state index is 13.2. The number of halogens is 2. The Balaban J connectivity index is 0.000000273. The second-order valence-corrected chi connectivity index (χ2v) is 18.9. The van der Waals surface area contributed by atoms with Gasteiger partial charge in [-0.25, -0.2) is 9.59 Å². The predicted molar refractivity (Wildman–Crippen MR) is 327 cm³/mol. The molecule has 9 rings (SSSR count). The van der Waals surface area contributed by atoms with E-state index in [0.29, 0.717) is 62.5 Å². The van der Waals surface area contributed by atoms with Crippen LogP contribution < -0.4 is 56.6 Å². The molecule has 9 aromatic rings. The molecule has 442 valence electrons. The summed E-state index contributed by atoms with van der Waals surface area (Å²) in [6.45, 7) is -0.514. The summed E-state index contributed by atoms with van der Waals surface area (Å²) in [6.07, 6.45) is 4.91. The molecule has 0 aliphatic rings. The molecule has 87 heavy (non-hydrogen) atoms. The van der Waals surface area contributed by atoms with Crippen molar-refractivity contribution in [3.05, 3.63) is 248 Å². The average molecular weight is 1230 g/mol. The van der Waals surface area contributed by atoms with E-state index in [0.717, 1.165) is 39.1 Å². The molecule has 3 heterocycles. The van der Waals surface area contributed by atoms with Gasteiger partial charge in [0.15, 0.2) is 0 Å². The number of tetrazole rings is 1. The third-order valence-electron chi connectivity index (χ3n) is 12.4. The fourth-order valence-corrected chi connectivity index (χ4v) is 8.55.